The number of rotatable bonds is 7. The van der Waals surface area contributed by atoms with Crippen LogP contribution >= 0.6 is 0 Å². The first-order chi connectivity index (χ1) is 13.6. The molecule has 0 fully saturated rings. The molecular formula is C22H23NO5. The smallest absolute Gasteiger partial charge is 0.412 e. The number of carbonyl (C=O) groups excluding carboxylic acids is 1. The molecule has 0 aliphatic carbocycles. The van der Waals surface area contributed by atoms with E-state index in [1.54, 1.807) is 30.3 Å². The molecule has 28 heavy (non-hydrogen) atoms. The van der Waals surface area contributed by atoms with Crippen LogP contribution in [0.4, 0.5) is 10.5 Å². The van der Waals surface area contributed by atoms with Gasteiger partial charge in [-0.25, -0.2) is 4.79 Å². The molecule has 3 N–H and O–H groups in total. The van der Waals surface area contributed by atoms with Crippen LogP contribution in [0.25, 0.3) is 10.8 Å². The zero-order valence-corrected chi connectivity index (χ0v) is 15.5. The maximum atomic E-state index is 12.5. The van der Waals surface area contributed by atoms with E-state index in [0.717, 1.165) is 5.39 Å². The molecule has 1 amide bonds. The van der Waals surface area contributed by atoms with Gasteiger partial charge in [-0.1, -0.05) is 48.5 Å². The molecule has 146 valence electrons. The third kappa shape index (κ3) is 4.42. The summed E-state index contributed by atoms with van der Waals surface area (Å²) < 4.78 is 11.2. The fourth-order valence-corrected chi connectivity index (χ4v) is 3.20. The van der Waals surface area contributed by atoms with Crippen LogP contribution < -0.4 is 5.32 Å². The van der Waals surface area contributed by atoms with E-state index in [9.17, 15) is 15.0 Å². The van der Waals surface area contributed by atoms with Crippen LogP contribution in [0, 0.1) is 0 Å². The first kappa shape index (κ1) is 19.7. The van der Waals surface area contributed by atoms with Crippen molar-refractivity contribution in [3.8, 4) is 5.75 Å². The number of anilines is 1. The van der Waals surface area contributed by atoms with Gasteiger partial charge in [0.25, 0.3) is 0 Å². The van der Waals surface area contributed by atoms with Gasteiger partial charge in [0, 0.05) is 36.8 Å². The summed E-state index contributed by atoms with van der Waals surface area (Å²) in [7, 11) is 1.51. The Balaban J connectivity index is 1.96. The molecule has 6 heteroatoms. The molecule has 3 aromatic carbocycles. The van der Waals surface area contributed by atoms with Crippen molar-refractivity contribution in [3.05, 3.63) is 72.3 Å². The summed E-state index contributed by atoms with van der Waals surface area (Å²) in [5.74, 6) is 0.142. The van der Waals surface area contributed by atoms with Gasteiger partial charge in [-0.3, -0.25) is 5.32 Å². The molecule has 0 spiro atoms. The van der Waals surface area contributed by atoms with Gasteiger partial charge in [-0.05, 0) is 23.6 Å². The number of carbonyl (C=O) groups is 1. The first-order valence-electron chi connectivity index (χ1n) is 9.01. The van der Waals surface area contributed by atoms with E-state index >= 15 is 0 Å². The van der Waals surface area contributed by atoms with Gasteiger partial charge in [0.05, 0.1) is 0 Å². The van der Waals surface area contributed by atoms with Gasteiger partial charge in [-0.2, -0.15) is 0 Å². The number of phenols is 1. The van der Waals surface area contributed by atoms with Crippen LogP contribution in [0.3, 0.4) is 0 Å². The summed E-state index contributed by atoms with van der Waals surface area (Å²) in [6.07, 6.45) is -1.67. The Kier molecular flexibility index (Phi) is 6.47. The second-order valence-electron chi connectivity index (χ2n) is 6.32. The van der Waals surface area contributed by atoms with E-state index in [2.05, 4.69) is 5.32 Å². The van der Waals surface area contributed by atoms with Crippen molar-refractivity contribution in [2.75, 3.05) is 19.0 Å². The highest BCUT2D eigenvalue weighted by Gasteiger charge is 2.29. The van der Waals surface area contributed by atoms with Crippen molar-refractivity contribution in [1.82, 2.24) is 0 Å². The van der Waals surface area contributed by atoms with Crippen molar-refractivity contribution in [2.24, 2.45) is 0 Å². The Morgan fingerprint density at radius 1 is 1.00 bits per heavy atom. The molecule has 0 bridgehead atoms. The number of amides is 1. The van der Waals surface area contributed by atoms with Gasteiger partial charge in [0.15, 0.2) is 6.10 Å². The minimum absolute atomic E-state index is 0.116. The molecule has 0 heterocycles. The van der Waals surface area contributed by atoms with E-state index in [4.69, 9.17) is 9.47 Å². The number of hydrogen-bond acceptors (Lipinski definition) is 5. The van der Waals surface area contributed by atoms with E-state index in [-0.39, 0.29) is 18.8 Å². The topological polar surface area (TPSA) is 88.0 Å². The van der Waals surface area contributed by atoms with Crippen molar-refractivity contribution >= 4 is 22.6 Å². The number of methoxy groups -OCH3 is 1. The fraction of sp³-hybridized carbons (Fsp3) is 0.227. The van der Waals surface area contributed by atoms with Crippen LogP contribution in [-0.4, -0.2) is 36.1 Å². The normalized spacial score (nSPS) is 13.1. The van der Waals surface area contributed by atoms with Gasteiger partial charge in [0.2, 0.25) is 0 Å². The van der Waals surface area contributed by atoms with Crippen LogP contribution in [0.15, 0.2) is 66.7 Å². The largest absolute Gasteiger partial charge is 0.507 e. The molecule has 3 rings (SSSR count). The number of aliphatic hydroxyl groups is 1. The lowest BCUT2D eigenvalue weighted by atomic mass is 9.95. The van der Waals surface area contributed by atoms with Crippen LogP contribution in [-0.2, 0) is 9.47 Å². The van der Waals surface area contributed by atoms with Gasteiger partial charge < -0.3 is 19.7 Å². The molecule has 0 aromatic heterocycles. The number of aliphatic hydroxyl groups excluding tert-OH is 1. The van der Waals surface area contributed by atoms with E-state index in [0.29, 0.717) is 16.6 Å². The summed E-state index contributed by atoms with van der Waals surface area (Å²) in [6, 6.07) is 19.6. The summed E-state index contributed by atoms with van der Waals surface area (Å²) in [4.78, 5) is 12.5. The van der Waals surface area contributed by atoms with Crippen molar-refractivity contribution in [3.63, 3.8) is 0 Å². The summed E-state index contributed by atoms with van der Waals surface area (Å²) in [6.45, 7) is -0.116. The lowest BCUT2D eigenvalue weighted by molar-refractivity contribution is -0.0299. The number of hydrogen-bond donors (Lipinski definition) is 3. The number of nitrogens with one attached hydrogen (secondary N) is 1. The standard InChI is InChI=1S/C22H23NO5/c1-27-20(13-14-24)21(28-22(26)23-15-7-3-2-4-8-15)18-11-12-19(25)17-10-6-5-9-16(17)18/h2-12,20-21,24-25H,13-14H2,1H3,(H,23,26)/t20-,21-/m0/s1. The van der Waals surface area contributed by atoms with Crippen LogP contribution in [0.1, 0.15) is 18.1 Å². The van der Waals surface area contributed by atoms with Gasteiger partial charge >= 0.3 is 6.09 Å². The molecule has 0 aliphatic heterocycles. The minimum atomic E-state index is -0.772. The van der Waals surface area contributed by atoms with E-state index in [1.807, 2.05) is 36.4 Å². The third-order valence-electron chi connectivity index (χ3n) is 4.55. The molecule has 2 atom stereocenters. The second-order valence-corrected chi connectivity index (χ2v) is 6.32. The lowest BCUT2D eigenvalue weighted by Gasteiger charge is -2.27. The lowest BCUT2D eigenvalue weighted by Crippen LogP contribution is -2.29. The highest BCUT2D eigenvalue weighted by Crippen LogP contribution is 2.35. The highest BCUT2D eigenvalue weighted by molar-refractivity contribution is 5.91. The van der Waals surface area contributed by atoms with E-state index in [1.165, 1.54) is 7.11 Å². The third-order valence-corrected chi connectivity index (χ3v) is 4.55. The van der Waals surface area contributed by atoms with Crippen LogP contribution in [0.5, 0.6) is 5.75 Å². The Bertz CT molecular complexity index is 929. The molecule has 0 unspecified atom stereocenters. The number of fused-ring (bicyclic) bond motifs is 1. The maximum Gasteiger partial charge on any atom is 0.412 e. The average molecular weight is 381 g/mol. The summed E-state index contributed by atoms with van der Waals surface area (Å²) >= 11 is 0. The molecule has 6 nitrogen and oxygen atoms in total. The molecular weight excluding hydrogens is 358 g/mol. The molecule has 0 aliphatic rings. The highest BCUT2D eigenvalue weighted by atomic mass is 16.6. The number of ether oxygens (including phenoxy) is 2. The van der Waals surface area contributed by atoms with Crippen molar-refractivity contribution < 1.29 is 24.5 Å². The average Bonchev–Trinajstić information content (AvgIpc) is 2.72. The first-order valence-corrected chi connectivity index (χ1v) is 9.01. The molecule has 0 radical (unpaired) electrons. The number of benzene rings is 3. The van der Waals surface area contributed by atoms with Gasteiger partial charge in [-0.15, -0.1) is 0 Å². The zero-order chi connectivity index (χ0) is 19.9. The van der Waals surface area contributed by atoms with Crippen molar-refractivity contribution in [1.29, 1.82) is 0 Å². The monoisotopic (exact) mass is 381 g/mol. The van der Waals surface area contributed by atoms with Crippen LogP contribution in [0.2, 0.25) is 0 Å². The molecule has 0 saturated heterocycles. The second kappa shape index (κ2) is 9.21. The quantitative estimate of drug-likeness (QED) is 0.570. The number of phenolic OH excluding ortho intramolecular Hbond substituents is 1. The Labute approximate surface area is 163 Å². The van der Waals surface area contributed by atoms with Crippen molar-refractivity contribution in [2.45, 2.75) is 18.6 Å². The Morgan fingerprint density at radius 3 is 2.36 bits per heavy atom. The fourth-order valence-electron chi connectivity index (χ4n) is 3.20. The zero-order valence-electron chi connectivity index (χ0n) is 15.5. The molecule has 3 aromatic rings. The summed E-state index contributed by atoms with van der Waals surface area (Å²) in [5, 5.41) is 23.7. The van der Waals surface area contributed by atoms with Gasteiger partial charge in [0.1, 0.15) is 11.9 Å². The predicted octanol–water partition coefficient (Wildman–Crippen LogP) is 4.23. The Hall–Kier alpha value is -3.09. The Morgan fingerprint density at radius 2 is 1.68 bits per heavy atom. The number of para-hydroxylation sites is 1. The maximum absolute atomic E-state index is 12.5. The molecule has 0 saturated carbocycles. The number of aromatic hydroxyl groups is 1. The minimum Gasteiger partial charge on any atom is -0.507 e. The summed E-state index contributed by atoms with van der Waals surface area (Å²) in [5.41, 5.74) is 1.30. The SMILES string of the molecule is CO[C@@H](CCO)[C@@H](OC(=O)Nc1ccccc1)c1ccc(O)c2ccccc12. The van der Waals surface area contributed by atoms with E-state index < -0.39 is 18.3 Å². The predicted molar refractivity (Wildman–Crippen MR) is 107 cm³/mol.